The average Bonchev–Trinajstić information content (AvgIpc) is 2.77. The highest BCUT2D eigenvalue weighted by molar-refractivity contribution is 5.52. The van der Waals surface area contributed by atoms with Gasteiger partial charge in [-0.2, -0.15) is 0 Å². The van der Waals surface area contributed by atoms with E-state index >= 15 is 0 Å². The number of hydrogen-bond donors (Lipinski definition) is 1. The topological polar surface area (TPSA) is 55.6 Å². The van der Waals surface area contributed by atoms with Crippen LogP contribution in [0.15, 0.2) is 18.5 Å². The van der Waals surface area contributed by atoms with Gasteiger partial charge in [-0.1, -0.05) is 6.92 Å². The molecular formula is C13H19N5. The molecule has 1 N–H and O–H groups in total. The second-order valence-electron chi connectivity index (χ2n) is 4.19. The van der Waals surface area contributed by atoms with E-state index in [-0.39, 0.29) is 0 Å². The van der Waals surface area contributed by atoms with Crippen LogP contribution in [0.2, 0.25) is 0 Å². The maximum Gasteiger partial charge on any atom is 0.223 e. The molecule has 0 unspecified atom stereocenters. The molecule has 0 bridgehead atoms. The van der Waals surface area contributed by atoms with E-state index in [0.29, 0.717) is 5.95 Å². The van der Waals surface area contributed by atoms with Gasteiger partial charge < -0.3 is 9.88 Å². The molecule has 0 spiro atoms. The number of aromatic nitrogens is 4. The molecule has 2 rings (SSSR count). The van der Waals surface area contributed by atoms with E-state index in [1.807, 2.05) is 32.3 Å². The molecule has 2 aromatic heterocycles. The van der Waals surface area contributed by atoms with Crippen molar-refractivity contribution >= 4 is 5.95 Å². The lowest BCUT2D eigenvalue weighted by molar-refractivity contribution is 0.683. The van der Waals surface area contributed by atoms with Crippen LogP contribution in [0.4, 0.5) is 5.95 Å². The summed E-state index contributed by atoms with van der Waals surface area (Å²) < 4.78 is 2.12. The Bertz CT molecular complexity index is 518. The molecular weight excluding hydrogens is 226 g/mol. The second-order valence-corrected chi connectivity index (χ2v) is 4.19. The van der Waals surface area contributed by atoms with Crippen molar-refractivity contribution in [3.8, 4) is 11.5 Å². The Labute approximate surface area is 107 Å². The van der Waals surface area contributed by atoms with Gasteiger partial charge in [0, 0.05) is 31.2 Å². The van der Waals surface area contributed by atoms with Gasteiger partial charge in [-0.3, -0.25) is 0 Å². The van der Waals surface area contributed by atoms with E-state index in [4.69, 9.17) is 0 Å². The minimum absolute atomic E-state index is 0.665. The summed E-state index contributed by atoms with van der Waals surface area (Å²) in [5.74, 6) is 1.57. The molecule has 2 aromatic rings. The van der Waals surface area contributed by atoms with Crippen LogP contribution in [-0.2, 0) is 6.54 Å². The van der Waals surface area contributed by atoms with Crippen molar-refractivity contribution in [1.29, 1.82) is 0 Å². The Morgan fingerprint density at radius 3 is 2.83 bits per heavy atom. The number of rotatable bonds is 5. The minimum Gasteiger partial charge on any atom is -0.354 e. The molecule has 5 heteroatoms. The lowest BCUT2D eigenvalue weighted by atomic mass is 10.3. The van der Waals surface area contributed by atoms with Crippen LogP contribution in [0.1, 0.15) is 26.0 Å². The van der Waals surface area contributed by atoms with E-state index in [1.165, 1.54) is 0 Å². The second kappa shape index (κ2) is 5.62. The molecule has 2 heterocycles. The third kappa shape index (κ3) is 2.67. The first kappa shape index (κ1) is 12.5. The summed E-state index contributed by atoms with van der Waals surface area (Å²) >= 11 is 0. The Morgan fingerprint density at radius 1 is 1.28 bits per heavy atom. The Kier molecular flexibility index (Phi) is 3.92. The summed E-state index contributed by atoms with van der Waals surface area (Å²) in [5.41, 5.74) is 1.82. The lowest BCUT2D eigenvalue weighted by Crippen LogP contribution is -2.06. The lowest BCUT2D eigenvalue weighted by Gasteiger charge is -2.08. The van der Waals surface area contributed by atoms with Gasteiger partial charge in [0.05, 0.1) is 0 Å². The molecule has 18 heavy (non-hydrogen) atoms. The molecule has 0 aliphatic heterocycles. The third-order valence-corrected chi connectivity index (χ3v) is 2.60. The zero-order valence-corrected chi connectivity index (χ0v) is 11.1. The predicted octanol–water partition coefficient (Wildman–Crippen LogP) is 2.49. The van der Waals surface area contributed by atoms with Gasteiger partial charge >= 0.3 is 0 Å². The van der Waals surface area contributed by atoms with Crippen molar-refractivity contribution in [2.75, 3.05) is 11.9 Å². The van der Waals surface area contributed by atoms with Crippen molar-refractivity contribution in [3.63, 3.8) is 0 Å². The molecule has 0 aliphatic carbocycles. The van der Waals surface area contributed by atoms with Crippen LogP contribution in [0, 0.1) is 6.92 Å². The zero-order valence-electron chi connectivity index (χ0n) is 11.1. The van der Waals surface area contributed by atoms with Crippen LogP contribution in [0.25, 0.3) is 11.5 Å². The quantitative estimate of drug-likeness (QED) is 0.879. The Morgan fingerprint density at radius 2 is 2.11 bits per heavy atom. The number of anilines is 1. The highest BCUT2D eigenvalue weighted by Gasteiger charge is 2.09. The molecule has 0 aliphatic rings. The first-order valence-corrected chi connectivity index (χ1v) is 6.35. The Balaban J connectivity index is 2.39. The van der Waals surface area contributed by atoms with Crippen LogP contribution >= 0.6 is 0 Å². The maximum absolute atomic E-state index is 4.50. The first-order valence-electron chi connectivity index (χ1n) is 6.35. The summed E-state index contributed by atoms with van der Waals surface area (Å²) in [5, 5.41) is 3.14. The van der Waals surface area contributed by atoms with Crippen molar-refractivity contribution in [3.05, 3.63) is 24.2 Å². The highest BCUT2D eigenvalue weighted by Crippen LogP contribution is 2.17. The van der Waals surface area contributed by atoms with Gasteiger partial charge in [0.1, 0.15) is 5.69 Å². The van der Waals surface area contributed by atoms with Gasteiger partial charge in [0.15, 0.2) is 5.82 Å². The molecule has 5 nitrogen and oxygen atoms in total. The highest BCUT2D eigenvalue weighted by atomic mass is 15.1. The standard InChI is InChI=1S/C13H19N5/c1-4-7-18-8-6-15-12(18)11-9-10(3)16-13(17-11)14-5-2/h6,8-9H,4-5,7H2,1-3H3,(H,14,16,17). The fourth-order valence-electron chi connectivity index (χ4n) is 1.88. The number of imidazole rings is 1. The molecule has 0 saturated carbocycles. The summed E-state index contributed by atoms with van der Waals surface area (Å²) in [4.78, 5) is 13.2. The van der Waals surface area contributed by atoms with Crippen molar-refractivity contribution in [2.45, 2.75) is 33.7 Å². The largest absolute Gasteiger partial charge is 0.354 e. The number of aryl methyl sites for hydroxylation is 2. The third-order valence-electron chi connectivity index (χ3n) is 2.60. The minimum atomic E-state index is 0.665. The van der Waals surface area contributed by atoms with Crippen molar-refractivity contribution < 1.29 is 0 Å². The van der Waals surface area contributed by atoms with Crippen molar-refractivity contribution in [2.24, 2.45) is 0 Å². The summed E-state index contributed by atoms with van der Waals surface area (Å²) in [7, 11) is 0. The molecule has 0 saturated heterocycles. The zero-order chi connectivity index (χ0) is 13.0. The molecule has 0 atom stereocenters. The molecule has 0 radical (unpaired) electrons. The monoisotopic (exact) mass is 245 g/mol. The number of nitrogens with one attached hydrogen (secondary N) is 1. The predicted molar refractivity (Wildman–Crippen MR) is 72.4 cm³/mol. The fraction of sp³-hybridized carbons (Fsp3) is 0.462. The van der Waals surface area contributed by atoms with Crippen molar-refractivity contribution in [1.82, 2.24) is 19.5 Å². The van der Waals surface area contributed by atoms with Crippen LogP contribution < -0.4 is 5.32 Å². The molecule has 0 amide bonds. The van der Waals surface area contributed by atoms with Gasteiger partial charge in [-0.05, 0) is 26.3 Å². The van der Waals surface area contributed by atoms with Gasteiger partial charge in [0.25, 0.3) is 0 Å². The maximum atomic E-state index is 4.50. The summed E-state index contributed by atoms with van der Waals surface area (Å²) in [6.45, 7) is 7.92. The first-order chi connectivity index (χ1) is 8.74. The van der Waals surface area contributed by atoms with Crippen LogP contribution in [-0.4, -0.2) is 26.1 Å². The summed E-state index contributed by atoms with van der Waals surface area (Å²) in [6.07, 6.45) is 4.88. The van der Waals surface area contributed by atoms with E-state index < -0.39 is 0 Å². The van der Waals surface area contributed by atoms with E-state index in [2.05, 4.69) is 31.8 Å². The van der Waals surface area contributed by atoms with Gasteiger partial charge in [0.2, 0.25) is 5.95 Å². The average molecular weight is 245 g/mol. The van der Waals surface area contributed by atoms with E-state index in [9.17, 15) is 0 Å². The van der Waals surface area contributed by atoms with Crippen LogP contribution in [0.5, 0.6) is 0 Å². The molecule has 96 valence electrons. The Hall–Kier alpha value is -1.91. The number of hydrogen-bond acceptors (Lipinski definition) is 4. The summed E-state index contributed by atoms with van der Waals surface area (Å²) in [6, 6.07) is 1.97. The normalized spacial score (nSPS) is 10.6. The van der Waals surface area contributed by atoms with E-state index in [1.54, 1.807) is 0 Å². The van der Waals surface area contributed by atoms with Gasteiger partial charge in [-0.25, -0.2) is 15.0 Å². The van der Waals surface area contributed by atoms with E-state index in [0.717, 1.165) is 36.7 Å². The fourth-order valence-corrected chi connectivity index (χ4v) is 1.88. The van der Waals surface area contributed by atoms with Crippen LogP contribution in [0.3, 0.4) is 0 Å². The SMILES string of the molecule is CCCn1ccnc1-c1cc(C)nc(NCC)n1. The molecule has 0 fully saturated rings. The van der Waals surface area contributed by atoms with Gasteiger partial charge in [-0.15, -0.1) is 0 Å². The molecule has 0 aromatic carbocycles. The number of nitrogens with zero attached hydrogens (tertiary/aromatic N) is 4. The smallest absolute Gasteiger partial charge is 0.223 e.